The molecule has 0 atom stereocenters. The smallest absolute Gasteiger partial charge is 0.322 e. The molecule has 5 nitrogen and oxygen atoms in total. The second-order valence-electron chi connectivity index (χ2n) is 8.79. The van der Waals surface area contributed by atoms with Crippen LogP contribution in [0.25, 0.3) is 0 Å². The van der Waals surface area contributed by atoms with E-state index in [4.69, 9.17) is 0 Å². The molecule has 0 unspecified atom stereocenters. The predicted octanol–water partition coefficient (Wildman–Crippen LogP) is 4.78. The van der Waals surface area contributed by atoms with Gasteiger partial charge in [-0.15, -0.1) is 0 Å². The molecular weight excluding hydrogens is 350 g/mol. The molecule has 5 heteroatoms. The van der Waals surface area contributed by atoms with E-state index in [0.29, 0.717) is 24.9 Å². The van der Waals surface area contributed by atoms with E-state index in [2.05, 4.69) is 10.2 Å². The molecule has 1 aliphatic heterocycles. The fourth-order valence-electron chi connectivity index (χ4n) is 4.56. The van der Waals surface area contributed by atoms with E-state index in [1.165, 1.54) is 32.1 Å². The summed E-state index contributed by atoms with van der Waals surface area (Å²) in [7, 11) is 0. The summed E-state index contributed by atoms with van der Waals surface area (Å²) in [6.07, 6.45) is 11.3. The Labute approximate surface area is 168 Å². The third-order valence-electron chi connectivity index (χ3n) is 6.40. The first-order chi connectivity index (χ1) is 13.7. The molecule has 1 N–H and O–H groups in total. The number of piperidine rings is 1. The number of carbonyl (C=O) groups is 2. The number of urea groups is 1. The highest BCUT2D eigenvalue weighted by Crippen LogP contribution is 2.33. The van der Waals surface area contributed by atoms with Crippen LogP contribution in [0.4, 0.5) is 10.5 Å². The maximum Gasteiger partial charge on any atom is 0.322 e. The molecule has 3 amide bonds. The summed E-state index contributed by atoms with van der Waals surface area (Å²) in [4.78, 5) is 29.2. The number of nitrogens with zero attached hydrogens (tertiary/aromatic N) is 2. The highest BCUT2D eigenvalue weighted by molar-refractivity contribution is 5.89. The molecule has 0 aromatic heterocycles. The Bertz CT molecular complexity index is 695. The molecule has 1 heterocycles. The zero-order valence-corrected chi connectivity index (χ0v) is 16.9. The maximum absolute atomic E-state index is 13.1. The van der Waals surface area contributed by atoms with Gasteiger partial charge in [0.15, 0.2) is 0 Å². The van der Waals surface area contributed by atoms with Gasteiger partial charge in [0.2, 0.25) is 5.91 Å². The van der Waals surface area contributed by atoms with Crippen molar-refractivity contribution < 1.29 is 9.59 Å². The summed E-state index contributed by atoms with van der Waals surface area (Å²) < 4.78 is 0. The summed E-state index contributed by atoms with van der Waals surface area (Å²) in [6, 6.07) is 8.44. The molecule has 0 radical (unpaired) electrons. The molecule has 3 fully saturated rings. The van der Waals surface area contributed by atoms with Gasteiger partial charge in [0, 0.05) is 37.8 Å². The van der Waals surface area contributed by atoms with Crippen LogP contribution in [-0.4, -0.2) is 40.9 Å². The molecular formula is C23H33N3O2. The number of benzene rings is 1. The molecule has 2 saturated carbocycles. The Morgan fingerprint density at radius 2 is 1.89 bits per heavy atom. The van der Waals surface area contributed by atoms with Gasteiger partial charge in [-0.05, 0) is 62.1 Å². The molecule has 0 spiro atoms. The van der Waals surface area contributed by atoms with Crippen molar-refractivity contribution >= 4 is 17.6 Å². The maximum atomic E-state index is 13.1. The number of likely N-dealkylation sites (tertiary alicyclic amines) is 1. The highest BCUT2D eigenvalue weighted by Gasteiger charge is 2.32. The number of anilines is 1. The number of rotatable bonds is 6. The molecule has 1 aromatic rings. The lowest BCUT2D eigenvalue weighted by Crippen LogP contribution is -2.45. The van der Waals surface area contributed by atoms with Crippen molar-refractivity contribution in [2.24, 2.45) is 5.92 Å². The van der Waals surface area contributed by atoms with E-state index in [0.717, 1.165) is 50.0 Å². The van der Waals surface area contributed by atoms with Gasteiger partial charge in [-0.25, -0.2) is 4.79 Å². The molecule has 0 bridgehead atoms. The number of hydrogen-bond donors (Lipinski definition) is 1. The summed E-state index contributed by atoms with van der Waals surface area (Å²) in [5.41, 5.74) is 1.92. The normalized spacial score (nSPS) is 20.9. The van der Waals surface area contributed by atoms with Gasteiger partial charge in [0.1, 0.15) is 0 Å². The minimum Gasteiger partial charge on any atom is -0.338 e. The summed E-state index contributed by atoms with van der Waals surface area (Å²) in [5, 5.41) is 3.14. The molecule has 28 heavy (non-hydrogen) atoms. The first kappa shape index (κ1) is 19.3. The van der Waals surface area contributed by atoms with Crippen LogP contribution in [-0.2, 0) is 11.3 Å². The van der Waals surface area contributed by atoms with Crippen LogP contribution in [0.1, 0.15) is 69.8 Å². The van der Waals surface area contributed by atoms with Crippen LogP contribution in [0.5, 0.6) is 0 Å². The minimum absolute atomic E-state index is 0.0463. The van der Waals surface area contributed by atoms with E-state index < -0.39 is 0 Å². The van der Waals surface area contributed by atoms with Crippen molar-refractivity contribution in [1.82, 2.24) is 9.80 Å². The van der Waals surface area contributed by atoms with E-state index >= 15 is 0 Å². The van der Waals surface area contributed by atoms with E-state index in [9.17, 15) is 9.59 Å². The Balaban J connectivity index is 1.40. The average molecular weight is 384 g/mol. The van der Waals surface area contributed by atoms with E-state index in [1.807, 2.05) is 29.2 Å². The average Bonchev–Trinajstić information content (AvgIpc) is 3.53. The SMILES string of the molecule is O=C1CCCCN1Cc1cccc(NC(=O)N(CC2CC2)C2CCCCC2)c1. The van der Waals surface area contributed by atoms with Crippen LogP contribution in [0.2, 0.25) is 0 Å². The van der Waals surface area contributed by atoms with Gasteiger partial charge in [-0.1, -0.05) is 31.4 Å². The van der Waals surface area contributed by atoms with Crippen molar-refractivity contribution in [2.75, 3.05) is 18.4 Å². The Hall–Kier alpha value is -2.04. The fraction of sp³-hybridized carbons (Fsp3) is 0.652. The van der Waals surface area contributed by atoms with Crippen molar-refractivity contribution in [3.63, 3.8) is 0 Å². The predicted molar refractivity (Wildman–Crippen MR) is 111 cm³/mol. The number of carbonyl (C=O) groups excluding carboxylic acids is 2. The van der Waals surface area contributed by atoms with Gasteiger partial charge >= 0.3 is 6.03 Å². The van der Waals surface area contributed by atoms with Gasteiger partial charge in [-0.3, -0.25) is 4.79 Å². The second kappa shape index (κ2) is 8.97. The number of hydrogen-bond acceptors (Lipinski definition) is 2. The third kappa shape index (κ3) is 5.06. The molecule has 1 saturated heterocycles. The van der Waals surface area contributed by atoms with Gasteiger partial charge in [0.25, 0.3) is 0 Å². The third-order valence-corrected chi connectivity index (χ3v) is 6.40. The Kier molecular flexibility index (Phi) is 6.18. The van der Waals surface area contributed by atoms with Crippen molar-refractivity contribution in [3.05, 3.63) is 29.8 Å². The monoisotopic (exact) mass is 383 g/mol. The molecule has 2 aliphatic carbocycles. The Morgan fingerprint density at radius 3 is 2.64 bits per heavy atom. The van der Waals surface area contributed by atoms with Crippen LogP contribution in [0.3, 0.4) is 0 Å². The topological polar surface area (TPSA) is 52.7 Å². The van der Waals surface area contributed by atoms with Gasteiger partial charge in [0.05, 0.1) is 0 Å². The standard InChI is InChI=1S/C23H33N3O2/c27-22-11-4-5-14-25(22)16-19-7-6-8-20(15-19)24-23(28)26(17-18-12-13-18)21-9-2-1-3-10-21/h6-8,15,18,21H,1-5,9-14,16-17H2,(H,24,28). The Morgan fingerprint density at radius 1 is 1.07 bits per heavy atom. The molecule has 152 valence electrons. The van der Waals surface area contributed by atoms with Gasteiger partial charge in [-0.2, -0.15) is 0 Å². The quantitative estimate of drug-likeness (QED) is 0.769. The summed E-state index contributed by atoms with van der Waals surface area (Å²) in [5.74, 6) is 0.942. The zero-order valence-electron chi connectivity index (χ0n) is 16.9. The fourth-order valence-corrected chi connectivity index (χ4v) is 4.56. The van der Waals surface area contributed by atoms with Gasteiger partial charge < -0.3 is 15.1 Å². The number of nitrogens with one attached hydrogen (secondary N) is 1. The summed E-state index contributed by atoms with van der Waals surface area (Å²) in [6.45, 7) is 2.38. The molecule has 4 rings (SSSR count). The van der Waals surface area contributed by atoms with Crippen LogP contribution < -0.4 is 5.32 Å². The number of amides is 3. The molecule has 1 aromatic carbocycles. The first-order valence-corrected chi connectivity index (χ1v) is 11.1. The lowest BCUT2D eigenvalue weighted by atomic mass is 9.94. The van der Waals surface area contributed by atoms with Crippen LogP contribution in [0, 0.1) is 5.92 Å². The minimum atomic E-state index is 0.0463. The first-order valence-electron chi connectivity index (χ1n) is 11.1. The molecule has 3 aliphatic rings. The lowest BCUT2D eigenvalue weighted by Gasteiger charge is -2.34. The van der Waals surface area contributed by atoms with E-state index in [-0.39, 0.29) is 11.9 Å². The van der Waals surface area contributed by atoms with Crippen molar-refractivity contribution in [1.29, 1.82) is 0 Å². The second-order valence-corrected chi connectivity index (χ2v) is 8.79. The largest absolute Gasteiger partial charge is 0.338 e. The van der Waals surface area contributed by atoms with Crippen molar-refractivity contribution in [3.8, 4) is 0 Å². The summed E-state index contributed by atoms with van der Waals surface area (Å²) >= 11 is 0. The van der Waals surface area contributed by atoms with E-state index in [1.54, 1.807) is 0 Å². The van der Waals surface area contributed by atoms with Crippen LogP contribution >= 0.6 is 0 Å². The highest BCUT2D eigenvalue weighted by atomic mass is 16.2. The van der Waals surface area contributed by atoms with Crippen LogP contribution in [0.15, 0.2) is 24.3 Å². The lowest BCUT2D eigenvalue weighted by molar-refractivity contribution is -0.133. The van der Waals surface area contributed by atoms with Crippen molar-refractivity contribution in [2.45, 2.75) is 76.8 Å². The zero-order chi connectivity index (χ0) is 19.3.